The van der Waals surface area contributed by atoms with Crippen molar-refractivity contribution < 1.29 is 43.7 Å². The van der Waals surface area contributed by atoms with Crippen LogP contribution in [0.3, 0.4) is 0 Å². The van der Waals surface area contributed by atoms with Gasteiger partial charge in [0.15, 0.2) is 0 Å². The number of pyridine rings is 1. The van der Waals surface area contributed by atoms with Crippen LogP contribution in [0.5, 0.6) is 5.75 Å². The summed E-state index contributed by atoms with van der Waals surface area (Å²) in [5, 5.41) is 45.8. The molecule has 3 aliphatic heterocycles. The van der Waals surface area contributed by atoms with Gasteiger partial charge in [-0.2, -0.15) is 0 Å². The minimum atomic E-state index is -1.51. The highest BCUT2D eigenvalue weighted by Gasteiger charge is 2.45. The van der Waals surface area contributed by atoms with Crippen LogP contribution in [0.25, 0.3) is 10.9 Å². The van der Waals surface area contributed by atoms with E-state index in [-0.39, 0.29) is 57.7 Å². The summed E-state index contributed by atoms with van der Waals surface area (Å²) in [6.45, 7) is 2.38. The van der Waals surface area contributed by atoms with Crippen molar-refractivity contribution in [1.29, 1.82) is 0 Å². The van der Waals surface area contributed by atoms with E-state index in [1.165, 1.54) is 11.3 Å². The molecule has 4 fully saturated rings. The lowest BCUT2D eigenvalue weighted by molar-refractivity contribution is -0.152. The number of H-pyrrole nitrogens is 1. The predicted molar refractivity (Wildman–Crippen MR) is 297 cm³/mol. The Morgan fingerprint density at radius 3 is 2.19 bits per heavy atom. The fraction of sp³-hybridized carbons (Fsp3) is 0.492. The highest BCUT2D eigenvalue weighted by molar-refractivity contribution is 5.97. The van der Waals surface area contributed by atoms with Crippen LogP contribution >= 0.6 is 0 Å². The molecule has 79 heavy (non-hydrogen) atoms. The minimum Gasteiger partial charge on any atom is -0.493 e. The van der Waals surface area contributed by atoms with Gasteiger partial charge in [0.2, 0.25) is 35.9 Å². The monoisotopic (exact) mass is 1080 g/mol. The first-order valence-electron chi connectivity index (χ1n) is 28.1. The SMILES string of the molecule is NCCNC(O)O[C@@H]1C[C@H]2C(=O)N[C@@H](CCc3ccccc3)C(=O)N[C@H](Cc3c[nH]c4ccccc34)C(=O)N[C@@H](CC3CCNCC3)C(O)N[C@@H](Cc3ccc(OCC4CCC4)cc3)C(=O)N[C@@H](Cc3cccnc3)C(=O)N2C1. The third-order valence-corrected chi connectivity index (χ3v) is 15.9. The van der Waals surface area contributed by atoms with E-state index < -0.39 is 84.5 Å². The Bertz CT molecular complexity index is 2780. The van der Waals surface area contributed by atoms with Crippen molar-refractivity contribution in [2.45, 2.75) is 132 Å². The van der Waals surface area contributed by atoms with Gasteiger partial charge in [0.1, 0.15) is 36.1 Å². The first-order chi connectivity index (χ1) is 38.5. The van der Waals surface area contributed by atoms with E-state index in [1.807, 2.05) is 78.9 Å². The van der Waals surface area contributed by atoms with Crippen LogP contribution in [0.2, 0.25) is 0 Å². The van der Waals surface area contributed by atoms with Crippen LogP contribution in [0, 0.1) is 11.8 Å². The van der Waals surface area contributed by atoms with E-state index >= 15 is 24.0 Å². The number of piperidine rings is 1. The molecule has 2 unspecified atom stereocenters. The summed E-state index contributed by atoms with van der Waals surface area (Å²) in [5.41, 5.74) is 9.53. The molecule has 5 aromatic rings. The Morgan fingerprint density at radius 1 is 0.734 bits per heavy atom. The number of aromatic amines is 1. The number of ether oxygens (including phenoxy) is 2. The van der Waals surface area contributed by atoms with Gasteiger partial charge in [-0.05, 0) is 123 Å². The number of nitrogens with one attached hydrogen (secondary N) is 8. The molecule has 9 atom stereocenters. The molecular weight excluding hydrogens is 1010 g/mol. The molecule has 12 N–H and O–H groups in total. The van der Waals surface area contributed by atoms with E-state index in [0.29, 0.717) is 36.7 Å². The molecule has 5 amide bonds. The number of aryl methyl sites for hydroxylation is 1. The highest BCUT2D eigenvalue weighted by Crippen LogP contribution is 2.29. The quantitative estimate of drug-likeness (QED) is 0.0527. The number of aliphatic hydroxyl groups excluding tert-OH is 2. The van der Waals surface area contributed by atoms with Gasteiger partial charge >= 0.3 is 0 Å². The van der Waals surface area contributed by atoms with Crippen LogP contribution in [0.15, 0.2) is 110 Å². The Hall–Kier alpha value is -6.78. The third kappa shape index (κ3) is 15.7. The van der Waals surface area contributed by atoms with Crippen molar-refractivity contribution in [3.05, 3.63) is 132 Å². The fourth-order valence-electron chi connectivity index (χ4n) is 11.2. The Morgan fingerprint density at radius 2 is 1.44 bits per heavy atom. The number of carbonyl (C=O) groups excluding carboxylic acids is 5. The van der Waals surface area contributed by atoms with Gasteiger partial charge in [-0.15, -0.1) is 0 Å². The molecule has 1 saturated carbocycles. The molecule has 20 nitrogen and oxygen atoms in total. The number of rotatable bonds is 19. The van der Waals surface area contributed by atoms with Crippen molar-refractivity contribution in [3.8, 4) is 5.75 Å². The van der Waals surface area contributed by atoms with Gasteiger partial charge in [-0.1, -0.05) is 73.2 Å². The summed E-state index contributed by atoms with van der Waals surface area (Å²) in [5.74, 6) is -1.83. The second kappa shape index (κ2) is 27.9. The lowest BCUT2D eigenvalue weighted by atomic mass is 9.86. The number of hydrogen-bond acceptors (Lipinski definition) is 14. The van der Waals surface area contributed by atoms with Crippen molar-refractivity contribution in [2.24, 2.45) is 17.6 Å². The van der Waals surface area contributed by atoms with Gasteiger partial charge in [0.25, 0.3) is 0 Å². The maximum atomic E-state index is 15.4. The third-order valence-electron chi connectivity index (χ3n) is 15.9. The molecular formula is C59H77N11O9. The van der Waals surface area contributed by atoms with Crippen molar-refractivity contribution >= 4 is 40.4 Å². The smallest absolute Gasteiger partial charge is 0.246 e. The van der Waals surface area contributed by atoms with Crippen molar-refractivity contribution in [2.75, 3.05) is 39.3 Å². The molecule has 4 aliphatic rings. The fourth-order valence-corrected chi connectivity index (χ4v) is 11.2. The van der Waals surface area contributed by atoms with E-state index in [4.69, 9.17) is 15.2 Å². The van der Waals surface area contributed by atoms with Gasteiger partial charge in [0, 0.05) is 68.4 Å². The predicted octanol–water partition coefficient (Wildman–Crippen LogP) is 1.83. The Labute approximate surface area is 461 Å². The molecule has 3 aromatic carbocycles. The summed E-state index contributed by atoms with van der Waals surface area (Å²) in [6, 6.07) is 21.0. The molecule has 0 bridgehead atoms. The zero-order chi connectivity index (χ0) is 55.1. The summed E-state index contributed by atoms with van der Waals surface area (Å²) >= 11 is 0. The highest BCUT2D eigenvalue weighted by atomic mass is 16.6. The van der Waals surface area contributed by atoms with Crippen molar-refractivity contribution in [1.82, 2.24) is 52.1 Å². The van der Waals surface area contributed by atoms with Gasteiger partial charge in [-0.25, -0.2) is 0 Å². The van der Waals surface area contributed by atoms with Gasteiger partial charge in [0.05, 0.1) is 24.8 Å². The number of benzene rings is 3. The first kappa shape index (κ1) is 56.9. The second-order valence-corrected chi connectivity index (χ2v) is 21.6. The molecule has 0 radical (unpaired) electrons. The van der Waals surface area contributed by atoms with Crippen LogP contribution < -0.4 is 47.7 Å². The Kier molecular flexibility index (Phi) is 20.1. The number of nitrogens with two attached hydrogens (primary N) is 1. The van der Waals surface area contributed by atoms with E-state index in [1.54, 1.807) is 30.7 Å². The summed E-state index contributed by atoms with van der Waals surface area (Å²) in [7, 11) is 0. The molecule has 20 heteroatoms. The molecule has 0 spiro atoms. The zero-order valence-electron chi connectivity index (χ0n) is 44.7. The van der Waals surface area contributed by atoms with Gasteiger partial charge in [-0.3, -0.25) is 39.6 Å². The van der Waals surface area contributed by atoms with E-state index in [2.05, 4.69) is 47.2 Å². The molecule has 9 rings (SSSR count). The molecule has 3 saturated heterocycles. The number of carbonyl (C=O) groups is 5. The number of nitrogens with zero attached hydrogens (tertiary/aromatic N) is 2. The van der Waals surface area contributed by atoms with Crippen molar-refractivity contribution in [3.63, 3.8) is 0 Å². The normalized spacial score (nSPS) is 25.5. The van der Waals surface area contributed by atoms with E-state index in [9.17, 15) is 10.2 Å². The molecule has 1 aliphatic carbocycles. The molecule has 5 heterocycles. The number of aromatic nitrogens is 2. The lowest BCUT2D eigenvalue weighted by Crippen LogP contribution is -2.63. The standard InChI is InChI=1S/C59H77N11O9/c60-23-27-63-59(77)79-44-32-52-57(75)65-47(20-17-37-8-2-1-3-9-37)53(71)68-50(31-42-34-64-46-14-5-4-13-45(42)46)56(74)67-49(29-39-21-25-61-26-22-39)54(72)66-48(28-38-15-18-43(19-16-38)78-36-40-10-6-11-40)55(73)69-51(58(76)70(52)35-44)30-41-12-7-24-62-33-41/h1-5,7-9,12-16,18-19,24,33-34,39-40,44,47-52,54,59,61,63-64,66,72,77H,6,10-11,17,20-23,25-32,35-36,60H2,(H,65,75)(H,67,74)(H,68,71)(H,69,73)/t44-,47+,48+,49+,50-,51+,52+,54?,59?/m1/s1. The second-order valence-electron chi connectivity index (χ2n) is 21.6. The number of hydrogen-bond donors (Lipinski definition) is 11. The summed E-state index contributed by atoms with van der Waals surface area (Å²) in [4.78, 5) is 84.8. The maximum Gasteiger partial charge on any atom is 0.246 e. The van der Waals surface area contributed by atoms with E-state index in [0.717, 1.165) is 66.4 Å². The molecule has 422 valence electrons. The average Bonchev–Trinajstić information content (AvgIpc) is 4.16. The molecule has 2 aromatic heterocycles. The number of aliphatic hydroxyl groups is 2. The minimum absolute atomic E-state index is 0.0356. The first-order valence-corrected chi connectivity index (χ1v) is 28.1. The topological polar surface area (TPSA) is 286 Å². The lowest BCUT2D eigenvalue weighted by Gasteiger charge is -2.35. The number of para-hydroxylation sites is 1. The number of amides is 5. The van der Waals surface area contributed by atoms with Crippen LogP contribution in [-0.4, -0.2) is 149 Å². The summed E-state index contributed by atoms with van der Waals surface area (Å²) < 4.78 is 12.1. The average molecular weight is 1080 g/mol. The van der Waals surface area contributed by atoms with Crippen LogP contribution in [0.4, 0.5) is 0 Å². The zero-order valence-corrected chi connectivity index (χ0v) is 44.7. The largest absolute Gasteiger partial charge is 0.493 e. The Balaban J connectivity index is 1.10. The van der Waals surface area contributed by atoms with Crippen LogP contribution in [0.1, 0.15) is 73.6 Å². The maximum absolute atomic E-state index is 15.4. The van der Waals surface area contributed by atoms with Gasteiger partial charge < -0.3 is 61.9 Å². The van der Waals surface area contributed by atoms with Crippen LogP contribution in [-0.2, 0) is 54.4 Å². The number of fused-ring (bicyclic) bond motifs is 2. The summed E-state index contributed by atoms with van der Waals surface area (Å²) in [6.07, 6.45) is 6.94.